The van der Waals surface area contributed by atoms with Gasteiger partial charge in [-0.25, -0.2) is 0 Å². The summed E-state index contributed by atoms with van der Waals surface area (Å²) < 4.78 is 5.53. The molecule has 0 saturated heterocycles. The smallest absolute Gasteiger partial charge is 0.272 e. The fraction of sp³-hybridized carbons (Fsp3) is 0.125. The summed E-state index contributed by atoms with van der Waals surface area (Å²) in [4.78, 5) is 42.9. The predicted molar refractivity (Wildman–Crippen MR) is 193 cm³/mol. The Morgan fingerprint density at radius 1 is 0.750 bits per heavy atom. The standard InChI is InChI=1S/C40H35N3O4S/c1-2-47-33-22-16-28(17-23-33)26-35(42-39(45)31-12-4-3-5-13-31)40(46)41-32-20-24-34(25-21-32)48-27-38(44)43-36-14-8-6-10-29(36)18-19-30-11-7-9-15-37(30)43/h3-17,20-26H,2,18-19,27H2,1H3,(H,41,46)(H,42,45)/b35-26-. The van der Waals surface area contributed by atoms with Crippen LogP contribution in [-0.2, 0) is 22.4 Å². The fourth-order valence-electron chi connectivity index (χ4n) is 5.53. The van der Waals surface area contributed by atoms with E-state index in [2.05, 4.69) is 22.8 Å². The number of rotatable bonds is 10. The van der Waals surface area contributed by atoms with Crippen molar-refractivity contribution < 1.29 is 19.1 Å². The van der Waals surface area contributed by atoms with Crippen LogP contribution in [0.3, 0.4) is 0 Å². The molecule has 0 unspecified atom stereocenters. The molecular formula is C40H35N3O4S. The van der Waals surface area contributed by atoms with Crippen molar-refractivity contribution in [3.63, 3.8) is 0 Å². The Bertz CT molecular complexity index is 1890. The van der Waals surface area contributed by atoms with E-state index >= 15 is 0 Å². The van der Waals surface area contributed by atoms with Crippen molar-refractivity contribution in [2.45, 2.75) is 24.7 Å². The monoisotopic (exact) mass is 653 g/mol. The van der Waals surface area contributed by atoms with Crippen molar-refractivity contribution in [3.05, 3.63) is 155 Å². The molecule has 0 radical (unpaired) electrons. The van der Waals surface area contributed by atoms with Crippen molar-refractivity contribution >= 4 is 52.6 Å². The first-order valence-corrected chi connectivity index (χ1v) is 16.8. The molecule has 2 N–H and O–H groups in total. The zero-order chi connectivity index (χ0) is 33.3. The number of fused-ring (bicyclic) bond motifs is 2. The molecule has 1 heterocycles. The number of para-hydroxylation sites is 2. The normalized spacial score (nSPS) is 12.3. The van der Waals surface area contributed by atoms with E-state index in [4.69, 9.17) is 4.74 Å². The van der Waals surface area contributed by atoms with Crippen LogP contribution in [-0.4, -0.2) is 30.1 Å². The van der Waals surface area contributed by atoms with Crippen molar-refractivity contribution in [3.8, 4) is 5.75 Å². The van der Waals surface area contributed by atoms with E-state index in [9.17, 15) is 14.4 Å². The highest BCUT2D eigenvalue weighted by Crippen LogP contribution is 2.37. The molecule has 0 atom stereocenters. The largest absolute Gasteiger partial charge is 0.494 e. The predicted octanol–water partition coefficient (Wildman–Crippen LogP) is 8.05. The lowest BCUT2D eigenvalue weighted by molar-refractivity contribution is -0.115. The number of carbonyl (C=O) groups is 3. The lowest BCUT2D eigenvalue weighted by Crippen LogP contribution is -2.30. The second-order valence-corrected chi connectivity index (χ2v) is 12.2. The van der Waals surface area contributed by atoms with Crippen LogP contribution in [0.15, 0.2) is 138 Å². The van der Waals surface area contributed by atoms with Gasteiger partial charge in [0.05, 0.1) is 23.7 Å². The maximum Gasteiger partial charge on any atom is 0.272 e. The number of nitrogens with one attached hydrogen (secondary N) is 2. The van der Waals surface area contributed by atoms with Crippen molar-refractivity contribution in [2.75, 3.05) is 22.6 Å². The highest BCUT2D eigenvalue weighted by Gasteiger charge is 2.25. The van der Waals surface area contributed by atoms with Gasteiger partial charge in [0.25, 0.3) is 11.8 Å². The molecular weight excluding hydrogens is 619 g/mol. The maximum absolute atomic E-state index is 13.7. The van der Waals surface area contributed by atoms with E-state index in [1.54, 1.807) is 42.5 Å². The number of anilines is 3. The number of thioether (sulfide) groups is 1. The van der Waals surface area contributed by atoms with Gasteiger partial charge < -0.3 is 15.4 Å². The molecule has 8 heteroatoms. The SMILES string of the molecule is CCOc1ccc(/C=C(\NC(=O)c2ccccc2)C(=O)Nc2ccc(SCC(=O)N3c4ccccc4CCc4ccccc43)cc2)cc1. The van der Waals surface area contributed by atoms with Crippen molar-refractivity contribution in [2.24, 2.45) is 0 Å². The lowest BCUT2D eigenvalue weighted by atomic mass is 10.0. The second kappa shape index (κ2) is 15.3. The summed E-state index contributed by atoms with van der Waals surface area (Å²) in [5.74, 6) is 0.0952. The Labute approximate surface area is 284 Å². The van der Waals surface area contributed by atoms with E-state index in [-0.39, 0.29) is 17.4 Å². The van der Waals surface area contributed by atoms with Crippen LogP contribution >= 0.6 is 11.8 Å². The van der Waals surface area contributed by atoms with Crippen LogP contribution in [0.2, 0.25) is 0 Å². The summed E-state index contributed by atoms with van der Waals surface area (Å²) in [5.41, 5.74) is 5.98. The van der Waals surface area contributed by atoms with Gasteiger partial charge in [-0.05, 0) is 103 Å². The summed E-state index contributed by atoms with van der Waals surface area (Å²) in [6.07, 6.45) is 3.38. The molecule has 1 aliphatic heterocycles. The number of hydrogen-bond acceptors (Lipinski definition) is 5. The van der Waals surface area contributed by atoms with Gasteiger partial charge in [0, 0.05) is 16.1 Å². The molecule has 0 spiro atoms. The van der Waals surface area contributed by atoms with Gasteiger partial charge in [-0.1, -0.05) is 66.7 Å². The number of benzene rings is 5. The van der Waals surface area contributed by atoms with Gasteiger partial charge in [-0.15, -0.1) is 11.8 Å². The Morgan fingerprint density at radius 2 is 1.35 bits per heavy atom. The molecule has 3 amide bonds. The lowest BCUT2D eigenvalue weighted by Gasteiger charge is -2.25. The molecule has 1 aliphatic rings. The Kier molecular flexibility index (Phi) is 10.3. The summed E-state index contributed by atoms with van der Waals surface area (Å²) in [5, 5.41) is 5.66. The molecule has 5 aromatic rings. The maximum atomic E-state index is 13.7. The zero-order valence-electron chi connectivity index (χ0n) is 26.5. The second-order valence-electron chi connectivity index (χ2n) is 11.1. The third-order valence-electron chi connectivity index (χ3n) is 7.88. The van der Waals surface area contributed by atoms with Gasteiger partial charge in [0.15, 0.2) is 0 Å². The quantitative estimate of drug-likeness (QED) is 0.118. The first-order chi connectivity index (χ1) is 23.5. The molecule has 48 heavy (non-hydrogen) atoms. The summed E-state index contributed by atoms with van der Waals surface area (Å²) in [6, 6.07) is 39.5. The molecule has 0 aromatic heterocycles. The molecule has 6 rings (SSSR count). The van der Waals surface area contributed by atoms with Gasteiger partial charge in [0.1, 0.15) is 11.4 Å². The van der Waals surface area contributed by atoms with E-state index in [0.29, 0.717) is 17.9 Å². The van der Waals surface area contributed by atoms with E-state index in [1.165, 1.54) is 11.8 Å². The number of nitrogens with zero attached hydrogens (tertiary/aromatic N) is 1. The topological polar surface area (TPSA) is 87.7 Å². The third kappa shape index (κ3) is 7.85. The highest BCUT2D eigenvalue weighted by atomic mass is 32.2. The highest BCUT2D eigenvalue weighted by molar-refractivity contribution is 8.00. The molecule has 0 aliphatic carbocycles. The van der Waals surface area contributed by atoms with E-state index in [1.807, 2.05) is 90.7 Å². The van der Waals surface area contributed by atoms with Crippen LogP contribution in [0.1, 0.15) is 34.0 Å². The summed E-state index contributed by atoms with van der Waals surface area (Å²) >= 11 is 1.44. The minimum absolute atomic E-state index is 0.00240. The van der Waals surface area contributed by atoms with Crippen LogP contribution in [0, 0.1) is 0 Å². The van der Waals surface area contributed by atoms with Crippen LogP contribution < -0.4 is 20.3 Å². The number of hydrogen-bond donors (Lipinski definition) is 2. The van der Waals surface area contributed by atoms with Crippen LogP contribution in [0.5, 0.6) is 5.75 Å². The molecule has 240 valence electrons. The first kappa shape index (κ1) is 32.3. The van der Waals surface area contributed by atoms with Gasteiger partial charge in [-0.3, -0.25) is 19.3 Å². The average Bonchev–Trinajstić information content (AvgIpc) is 3.29. The van der Waals surface area contributed by atoms with E-state index in [0.717, 1.165) is 51.6 Å². The van der Waals surface area contributed by atoms with Gasteiger partial charge in [-0.2, -0.15) is 0 Å². The van der Waals surface area contributed by atoms with Crippen LogP contribution in [0.4, 0.5) is 17.1 Å². The summed E-state index contributed by atoms with van der Waals surface area (Å²) in [6.45, 7) is 2.46. The average molecular weight is 654 g/mol. The van der Waals surface area contributed by atoms with Crippen LogP contribution in [0.25, 0.3) is 6.08 Å². The molecule has 0 fully saturated rings. The molecule has 7 nitrogen and oxygen atoms in total. The van der Waals surface area contributed by atoms with Crippen molar-refractivity contribution in [1.82, 2.24) is 5.32 Å². The van der Waals surface area contributed by atoms with E-state index < -0.39 is 11.8 Å². The fourth-order valence-corrected chi connectivity index (χ4v) is 6.27. The Morgan fingerprint density at radius 3 is 1.98 bits per heavy atom. The number of ether oxygens (including phenoxy) is 1. The third-order valence-corrected chi connectivity index (χ3v) is 8.88. The van der Waals surface area contributed by atoms with Gasteiger partial charge >= 0.3 is 0 Å². The Balaban J connectivity index is 1.15. The summed E-state index contributed by atoms with van der Waals surface area (Å²) in [7, 11) is 0. The molecule has 5 aromatic carbocycles. The van der Waals surface area contributed by atoms with Crippen molar-refractivity contribution in [1.29, 1.82) is 0 Å². The zero-order valence-corrected chi connectivity index (χ0v) is 27.3. The molecule has 0 bridgehead atoms. The number of carbonyl (C=O) groups excluding carboxylic acids is 3. The minimum Gasteiger partial charge on any atom is -0.494 e. The Hall–Kier alpha value is -5.60. The minimum atomic E-state index is -0.470. The van der Waals surface area contributed by atoms with Gasteiger partial charge in [0.2, 0.25) is 5.91 Å². The number of amides is 3. The first-order valence-electron chi connectivity index (χ1n) is 15.8. The molecule has 0 saturated carbocycles. The number of aryl methyl sites for hydroxylation is 2.